The monoisotopic (exact) mass is 422 g/mol. The first kappa shape index (κ1) is 22.5. The Kier molecular flexibility index (Phi) is 6.44. The van der Waals surface area contributed by atoms with Gasteiger partial charge in [-0.1, -0.05) is 32.9 Å². The molecule has 3 rings (SSSR count). The molecule has 0 atom stereocenters. The number of carbonyl (C=O) groups excluding carboxylic acids is 1. The predicted octanol–water partition coefficient (Wildman–Crippen LogP) is 5.61. The molecule has 0 heterocycles. The van der Waals surface area contributed by atoms with Crippen molar-refractivity contribution in [3.8, 4) is 23.0 Å². The Balaban J connectivity index is 2.03. The van der Waals surface area contributed by atoms with Gasteiger partial charge in [0.15, 0.2) is 28.8 Å². The van der Waals surface area contributed by atoms with Gasteiger partial charge in [-0.2, -0.15) is 0 Å². The van der Waals surface area contributed by atoms with Crippen LogP contribution in [-0.2, 0) is 4.79 Å². The van der Waals surface area contributed by atoms with Gasteiger partial charge in [0.2, 0.25) is 0 Å². The number of Topliss-reactive ketones (excluding diaryl/α,β-unsaturated/α-hetero) is 1. The van der Waals surface area contributed by atoms with Crippen LogP contribution in [0.3, 0.4) is 0 Å². The number of phenols is 2. The smallest absolute Gasteiger partial charge is 0.185 e. The highest BCUT2D eigenvalue weighted by Crippen LogP contribution is 2.42. The molecule has 2 aromatic rings. The van der Waals surface area contributed by atoms with Crippen molar-refractivity contribution < 1.29 is 24.5 Å². The summed E-state index contributed by atoms with van der Waals surface area (Å²) in [5.41, 5.74) is 3.10. The van der Waals surface area contributed by atoms with Crippen LogP contribution in [0.2, 0.25) is 0 Å². The number of ketones is 1. The predicted molar refractivity (Wildman–Crippen MR) is 122 cm³/mol. The van der Waals surface area contributed by atoms with Crippen LogP contribution in [0, 0.1) is 11.3 Å². The van der Waals surface area contributed by atoms with E-state index in [1.165, 1.54) is 14.2 Å². The lowest BCUT2D eigenvalue weighted by atomic mass is 9.68. The van der Waals surface area contributed by atoms with Crippen molar-refractivity contribution in [3.05, 3.63) is 58.7 Å². The Morgan fingerprint density at radius 2 is 1.26 bits per heavy atom. The van der Waals surface area contributed by atoms with Crippen LogP contribution in [0.15, 0.2) is 47.5 Å². The Morgan fingerprint density at radius 1 is 0.839 bits per heavy atom. The van der Waals surface area contributed by atoms with Gasteiger partial charge in [-0.15, -0.1) is 0 Å². The number of rotatable bonds is 4. The Morgan fingerprint density at radius 3 is 1.61 bits per heavy atom. The molecule has 0 radical (unpaired) electrons. The molecule has 1 aliphatic carbocycles. The van der Waals surface area contributed by atoms with E-state index in [0.29, 0.717) is 30.3 Å². The van der Waals surface area contributed by atoms with Gasteiger partial charge in [0.25, 0.3) is 0 Å². The third-order valence-corrected chi connectivity index (χ3v) is 5.83. The molecule has 5 nitrogen and oxygen atoms in total. The molecule has 0 bridgehead atoms. The van der Waals surface area contributed by atoms with Gasteiger partial charge < -0.3 is 19.7 Å². The first-order chi connectivity index (χ1) is 14.6. The number of carbonyl (C=O) groups is 1. The summed E-state index contributed by atoms with van der Waals surface area (Å²) in [6.45, 7) is 6.57. The van der Waals surface area contributed by atoms with Crippen molar-refractivity contribution in [1.29, 1.82) is 0 Å². The summed E-state index contributed by atoms with van der Waals surface area (Å²) in [5, 5.41) is 19.7. The summed E-state index contributed by atoms with van der Waals surface area (Å²) in [6.07, 6.45) is 5.13. The van der Waals surface area contributed by atoms with Crippen molar-refractivity contribution in [1.82, 2.24) is 0 Å². The average Bonchev–Trinajstić information content (AvgIpc) is 2.72. The highest BCUT2D eigenvalue weighted by Gasteiger charge is 2.34. The fourth-order valence-electron chi connectivity index (χ4n) is 3.83. The van der Waals surface area contributed by atoms with Crippen molar-refractivity contribution in [2.75, 3.05) is 14.2 Å². The highest BCUT2D eigenvalue weighted by atomic mass is 16.5. The van der Waals surface area contributed by atoms with E-state index in [9.17, 15) is 15.0 Å². The van der Waals surface area contributed by atoms with Crippen LogP contribution in [-0.4, -0.2) is 30.2 Å². The SMILES string of the molecule is COc1cc(C=C2CC(C(C)(C)C)CC(=Cc3ccc(O)c(OC)c3)C2=O)ccc1O. The third kappa shape index (κ3) is 5.10. The van der Waals surface area contributed by atoms with E-state index >= 15 is 0 Å². The lowest BCUT2D eigenvalue weighted by Crippen LogP contribution is -2.29. The molecular weight excluding hydrogens is 392 g/mol. The number of phenolic OH excluding ortho intramolecular Hbond substituents is 2. The van der Waals surface area contributed by atoms with Gasteiger partial charge in [-0.05, 0) is 71.7 Å². The topological polar surface area (TPSA) is 76.0 Å². The van der Waals surface area contributed by atoms with Gasteiger partial charge in [0, 0.05) is 11.1 Å². The van der Waals surface area contributed by atoms with Crippen molar-refractivity contribution >= 4 is 17.9 Å². The quantitative estimate of drug-likeness (QED) is 0.627. The van der Waals surface area contributed by atoms with Crippen LogP contribution in [0.4, 0.5) is 0 Å². The number of aromatic hydroxyl groups is 2. The summed E-state index contributed by atoms with van der Waals surface area (Å²) in [5.74, 6) is 1.18. The number of hydrogen-bond acceptors (Lipinski definition) is 5. The van der Waals surface area contributed by atoms with E-state index < -0.39 is 0 Å². The maximum absolute atomic E-state index is 13.4. The van der Waals surface area contributed by atoms with Crippen molar-refractivity contribution in [3.63, 3.8) is 0 Å². The zero-order valence-corrected chi connectivity index (χ0v) is 18.7. The molecular formula is C26H30O5. The zero-order valence-electron chi connectivity index (χ0n) is 18.7. The fraction of sp³-hybridized carbons (Fsp3) is 0.346. The maximum Gasteiger partial charge on any atom is 0.185 e. The Bertz CT molecular complexity index is 965. The van der Waals surface area contributed by atoms with Gasteiger partial charge in [0.05, 0.1) is 14.2 Å². The lowest BCUT2D eigenvalue weighted by Gasteiger charge is -2.35. The maximum atomic E-state index is 13.4. The van der Waals surface area contributed by atoms with Crippen LogP contribution in [0.25, 0.3) is 12.2 Å². The Labute approximate surface area is 183 Å². The summed E-state index contributed by atoms with van der Waals surface area (Å²) >= 11 is 0. The molecule has 0 unspecified atom stereocenters. The van der Waals surface area contributed by atoms with E-state index in [-0.39, 0.29) is 22.7 Å². The van der Waals surface area contributed by atoms with Crippen LogP contribution in [0.1, 0.15) is 44.7 Å². The van der Waals surface area contributed by atoms with E-state index in [1.807, 2.05) is 12.2 Å². The van der Waals surface area contributed by atoms with Crippen LogP contribution >= 0.6 is 0 Å². The molecule has 1 saturated carbocycles. The summed E-state index contributed by atoms with van der Waals surface area (Å²) in [6, 6.07) is 10.1. The number of hydrogen-bond donors (Lipinski definition) is 2. The second-order valence-electron chi connectivity index (χ2n) is 9.00. The number of methoxy groups -OCH3 is 2. The van der Waals surface area contributed by atoms with Crippen LogP contribution < -0.4 is 9.47 Å². The summed E-state index contributed by atoms with van der Waals surface area (Å²) in [7, 11) is 3.00. The first-order valence-electron chi connectivity index (χ1n) is 10.3. The molecule has 5 heteroatoms. The van der Waals surface area contributed by atoms with Gasteiger partial charge in [-0.25, -0.2) is 0 Å². The molecule has 0 aromatic heterocycles. The number of allylic oxidation sites excluding steroid dienone is 2. The van der Waals surface area contributed by atoms with E-state index in [2.05, 4.69) is 20.8 Å². The molecule has 2 N–H and O–H groups in total. The summed E-state index contributed by atoms with van der Waals surface area (Å²) < 4.78 is 10.4. The van der Waals surface area contributed by atoms with E-state index in [1.54, 1.807) is 36.4 Å². The van der Waals surface area contributed by atoms with Crippen molar-refractivity contribution in [2.45, 2.75) is 33.6 Å². The zero-order chi connectivity index (χ0) is 22.8. The molecule has 0 amide bonds. The second kappa shape index (κ2) is 8.88. The third-order valence-electron chi connectivity index (χ3n) is 5.83. The minimum Gasteiger partial charge on any atom is -0.504 e. The molecule has 2 aromatic carbocycles. The molecule has 0 saturated heterocycles. The summed E-state index contributed by atoms with van der Waals surface area (Å²) in [4.78, 5) is 13.4. The van der Waals surface area contributed by atoms with E-state index in [0.717, 1.165) is 22.3 Å². The molecule has 0 spiro atoms. The average molecular weight is 423 g/mol. The van der Waals surface area contributed by atoms with Gasteiger partial charge >= 0.3 is 0 Å². The molecule has 1 fully saturated rings. The standard InChI is InChI=1S/C26H30O5/c1-26(2,3)20-14-18(10-16-6-8-21(27)23(12-16)30-4)25(29)19(15-20)11-17-7-9-22(28)24(13-17)31-5/h6-13,20,27-28H,14-15H2,1-5H3. The van der Waals surface area contributed by atoms with Gasteiger partial charge in [-0.3, -0.25) is 4.79 Å². The molecule has 164 valence electrons. The first-order valence-corrected chi connectivity index (χ1v) is 10.3. The lowest BCUT2D eigenvalue weighted by molar-refractivity contribution is -0.113. The second-order valence-corrected chi connectivity index (χ2v) is 9.00. The molecule has 31 heavy (non-hydrogen) atoms. The highest BCUT2D eigenvalue weighted by molar-refractivity contribution is 6.14. The number of ether oxygens (including phenoxy) is 2. The largest absolute Gasteiger partial charge is 0.504 e. The molecule has 0 aliphatic heterocycles. The normalized spacial score (nSPS) is 19.6. The minimum absolute atomic E-state index is 0.0135. The minimum atomic E-state index is 0.0135. The van der Waals surface area contributed by atoms with Crippen LogP contribution in [0.5, 0.6) is 23.0 Å². The van der Waals surface area contributed by atoms with Crippen molar-refractivity contribution in [2.24, 2.45) is 11.3 Å². The number of benzene rings is 2. The van der Waals surface area contributed by atoms with Gasteiger partial charge in [0.1, 0.15) is 0 Å². The van der Waals surface area contributed by atoms with E-state index in [4.69, 9.17) is 9.47 Å². The molecule has 1 aliphatic rings. The fourth-order valence-corrected chi connectivity index (χ4v) is 3.83. The Hall–Kier alpha value is -3.21.